The molecule has 0 spiro atoms. The predicted octanol–water partition coefficient (Wildman–Crippen LogP) is 12.8. The van der Waals surface area contributed by atoms with Crippen LogP contribution in [0.1, 0.15) is 84.7 Å². The SMILES string of the molecule is O=[P+](OCCCNCc1ccc(SCCCCC2(c3ccccc3F)COC2)c(C(F)(F)F)c1)OCCCNCc1ccc(SCCCCC2(c3ccccc3F)COC2)c(C(F)(F)F)c1. The van der Waals surface area contributed by atoms with Gasteiger partial charge in [0, 0.05) is 38.3 Å². The zero-order valence-corrected chi connectivity index (χ0v) is 39.1. The fourth-order valence-corrected chi connectivity index (χ4v) is 10.8. The van der Waals surface area contributed by atoms with E-state index in [1.54, 1.807) is 48.5 Å². The van der Waals surface area contributed by atoms with Crippen molar-refractivity contribution in [3.8, 4) is 0 Å². The first-order valence-corrected chi connectivity index (χ1v) is 25.2. The Hall–Kier alpha value is -3.12. The van der Waals surface area contributed by atoms with Crippen molar-refractivity contribution in [2.75, 3.05) is 64.2 Å². The highest BCUT2D eigenvalue weighted by molar-refractivity contribution is 7.99. The lowest BCUT2D eigenvalue weighted by atomic mass is 9.74. The molecule has 360 valence electrons. The minimum Gasteiger partial charge on any atom is -0.379 e. The highest BCUT2D eigenvalue weighted by atomic mass is 32.2. The summed E-state index contributed by atoms with van der Waals surface area (Å²) in [6.07, 6.45) is -3.98. The van der Waals surface area contributed by atoms with Crippen LogP contribution in [-0.2, 0) is 59.4 Å². The van der Waals surface area contributed by atoms with Crippen molar-refractivity contribution in [1.82, 2.24) is 10.6 Å². The van der Waals surface area contributed by atoms with Gasteiger partial charge >= 0.3 is 20.6 Å². The lowest BCUT2D eigenvalue weighted by Gasteiger charge is -2.42. The van der Waals surface area contributed by atoms with Crippen molar-refractivity contribution >= 4 is 31.8 Å². The molecule has 2 aliphatic rings. The Kier molecular flexibility index (Phi) is 19.8. The molecule has 0 saturated carbocycles. The monoisotopic (exact) mass is 987 g/mol. The minimum atomic E-state index is -4.52. The number of nitrogens with one attached hydrogen (secondary N) is 2. The molecule has 4 aromatic carbocycles. The molecule has 18 heteroatoms. The van der Waals surface area contributed by atoms with Gasteiger partial charge in [0.05, 0.1) is 37.6 Å². The Morgan fingerprint density at radius 2 is 0.985 bits per heavy atom. The fourth-order valence-electron chi connectivity index (χ4n) is 8.09. The molecule has 0 unspecified atom stereocenters. The quantitative estimate of drug-likeness (QED) is 0.0250. The van der Waals surface area contributed by atoms with Gasteiger partial charge in [-0.3, -0.25) is 0 Å². The third kappa shape index (κ3) is 14.9. The maximum atomic E-state index is 14.4. The van der Waals surface area contributed by atoms with Crippen molar-refractivity contribution < 1.29 is 58.2 Å². The van der Waals surface area contributed by atoms with Crippen LogP contribution in [0.15, 0.2) is 94.7 Å². The summed E-state index contributed by atoms with van der Waals surface area (Å²) in [7, 11) is -2.40. The Morgan fingerprint density at radius 3 is 1.35 bits per heavy atom. The number of hydrogen-bond donors (Lipinski definition) is 2. The van der Waals surface area contributed by atoms with Gasteiger partial charge in [-0.15, -0.1) is 32.6 Å². The molecule has 0 aromatic heterocycles. The third-order valence-corrected chi connectivity index (χ3v) is 14.9. The molecule has 6 rings (SSSR count). The Bertz CT molecular complexity index is 2030. The number of thioether (sulfide) groups is 2. The van der Waals surface area contributed by atoms with Gasteiger partial charge in [-0.1, -0.05) is 61.4 Å². The first kappa shape index (κ1) is 52.3. The van der Waals surface area contributed by atoms with Gasteiger partial charge in [-0.05, 0) is 122 Å². The second-order valence-corrected chi connectivity index (χ2v) is 20.0. The van der Waals surface area contributed by atoms with Crippen LogP contribution in [0.25, 0.3) is 0 Å². The molecule has 0 amide bonds. The molecule has 2 aliphatic heterocycles. The van der Waals surface area contributed by atoms with E-state index in [0.29, 0.717) is 112 Å². The summed E-state index contributed by atoms with van der Waals surface area (Å²) in [4.78, 5) is 0.318. The van der Waals surface area contributed by atoms with Crippen molar-refractivity contribution in [2.45, 2.75) is 97.4 Å². The minimum absolute atomic E-state index is 0.0969. The van der Waals surface area contributed by atoms with Crippen LogP contribution in [0.3, 0.4) is 0 Å². The second kappa shape index (κ2) is 24.9. The summed E-state index contributed by atoms with van der Waals surface area (Å²) in [6.45, 7) is 3.11. The van der Waals surface area contributed by atoms with Gasteiger partial charge in [0.2, 0.25) is 0 Å². The molecule has 0 radical (unpaired) electrons. The number of hydrogen-bond acceptors (Lipinski definition) is 9. The lowest BCUT2D eigenvalue weighted by molar-refractivity contribution is -0.140. The van der Waals surface area contributed by atoms with E-state index in [2.05, 4.69) is 10.6 Å². The molecule has 66 heavy (non-hydrogen) atoms. The van der Waals surface area contributed by atoms with Crippen LogP contribution in [0.4, 0.5) is 35.1 Å². The Balaban J connectivity index is 0.808. The smallest absolute Gasteiger partial charge is 0.379 e. The predicted molar refractivity (Wildman–Crippen MR) is 242 cm³/mol. The van der Waals surface area contributed by atoms with Crippen LogP contribution in [0.2, 0.25) is 0 Å². The van der Waals surface area contributed by atoms with Gasteiger partial charge in [0.15, 0.2) is 0 Å². The molecule has 2 heterocycles. The van der Waals surface area contributed by atoms with E-state index in [1.807, 2.05) is 0 Å². The maximum Gasteiger partial charge on any atom is 0.697 e. The van der Waals surface area contributed by atoms with Crippen molar-refractivity contribution in [2.24, 2.45) is 0 Å². The zero-order valence-electron chi connectivity index (χ0n) is 36.6. The van der Waals surface area contributed by atoms with Crippen LogP contribution in [-0.4, -0.2) is 64.2 Å². The fraction of sp³-hybridized carbons (Fsp3) is 0.500. The summed E-state index contributed by atoms with van der Waals surface area (Å²) in [5.41, 5.74) is 0.0553. The van der Waals surface area contributed by atoms with E-state index >= 15 is 0 Å². The van der Waals surface area contributed by atoms with Gasteiger partial charge in [0.25, 0.3) is 0 Å². The number of unbranched alkanes of at least 4 members (excludes halogenated alkanes) is 2. The molecule has 2 saturated heterocycles. The van der Waals surface area contributed by atoms with Gasteiger partial charge in [0.1, 0.15) is 24.8 Å². The van der Waals surface area contributed by atoms with Crippen LogP contribution >= 0.6 is 31.8 Å². The highest BCUT2D eigenvalue weighted by Gasteiger charge is 2.43. The van der Waals surface area contributed by atoms with Crippen molar-refractivity contribution in [3.63, 3.8) is 0 Å². The first-order chi connectivity index (χ1) is 31.7. The molecular formula is C48H56F8N2O5PS2+. The number of rotatable bonds is 28. The summed E-state index contributed by atoms with van der Waals surface area (Å²) in [5, 5.41) is 6.17. The molecule has 7 nitrogen and oxygen atoms in total. The average molecular weight is 988 g/mol. The number of benzene rings is 4. The Morgan fingerprint density at radius 1 is 0.576 bits per heavy atom. The van der Waals surface area contributed by atoms with E-state index in [9.17, 15) is 39.7 Å². The molecule has 0 bridgehead atoms. The average Bonchev–Trinajstić information content (AvgIpc) is 3.25. The molecule has 4 aromatic rings. The Labute approximate surface area is 390 Å². The summed E-state index contributed by atoms with van der Waals surface area (Å²) < 4.78 is 146. The third-order valence-electron chi connectivity index (χ3n) is 11.8. The summed E-state index contributed by atoms with van der Waals surface area (Å²) >= 11 is 2.32. The molecule has 2 N–H and O–H groups in total. The van der Waals surface area contributed by atoms with Crippen molar-refractivity contribution in [3.05, 3.63) is 130 Å². The number of halogens is 8. The maximum absolute atomic E-state index is 14.4. The van der Waals surface area contributed by atoms with Crippen LogP contribution < -0.4 is 10.6 Å². The normalized spacial score (nSPS) is 15.6. The van der Waals surface area contributed by atoms with E-state index in [0.717, 1.165) is 48.5 Å². The second-order valence-electron chi connectivity index (χ2n) is 16.7. The van der Waals surface area contributed by atoms with Crippen LogP contribution in [0.5, 0.6) is 0 Å². The van der Waals surface area contributed by atoms with E-state index in [1.165, 1.54) is 24.3 Å². The standard InChI is InChI=1S/C48H56F8N2O5PS2/c49-41-13-3-1-11-37(41)45(31-60-32-45)19-5-7-25-65-43-17-15-35(27-39(43)47(51,52)53)29-57-21-9-23-62-64(59)63-24-10-22-58-30-36-16-18-44(40(28-36)48(54,55)56)66-26-8-6-20-46(33-61-34-46)38-12-2-4-14-42(38)50/h1-4,11-18,27-28,57-58H,5-10,19-26,29-34H2/q+1. The van der Waals surface area contributed by atoms with Crippen LogP contribution in [0, 0.1) is 11.6 Å². The van der Waals surface area contributed by atoms with Gasteiger partial charge in [-0.25, -0.2) is 8.78 Å². The van der Waals surface area contributed by atoms with E-state index in [-0.39, 0.29) is 58.6 Å². The van der Waals surface area contributed by atoms with Gasteiger partial charge < -0.3 is 20.1 Å². The van der Waals surface area contributed by atoms with E-state index < -0.39 is 31.7 Å². The first-order valence-electron chi connectivity index (χ1n) is 22.2. The molecule has 0 aliphatic carbocycles. The molecule has 0 atom stereocenters. The highest BCUT2D eigenvalue weighted by Crippen LogP contribution is 2.42. The lowest BCUT2D eigenvalue weighted by Crippen LogP contribution is -2.47. The number of alkyl halides is 6. The molecule has 2 fully saturated rings. The largest absolute Gasteiger partial charge is 0.697 e. The van der Waals surface area contributed by atoms with Gasteiger partial charge in [-0.2, -0.15) is 26.3 Å². The topological polar surface area (TPSA) is 78.1 Å². The number of ether oxygens (including phenoxy) is 2. The van der Waals surface area contributed by atoms with Crippen molar-refractivity contribution in [1.29, 1.82) is 0 Å². The zero-order chi connectivity index (χ0) is 47.0. The summed E-state index contributed by atoms with van der Waals surface area (Å²) in [5.74, 6) is 0.448. The molecular weight excluding hydrogens is 932 g/mol. The van der Waals surface area contributed by atoms with E-state index in [4.69, 9.17) is 18.5 Å². The summed E-state index contributed by atoms with van der Waals surface area (Å²) in [6, 6.07) is 21.9.